The zero-order valence-electron chi connectivity index (χ0n) is 11.8. The number of anilines is 1. The highest BCUT2D eigenvalue weighted by molar-refractivity contribution is 9.11. The van der Waals surface area contributed by atoms with Crippen molar-refractivity contribution in [2.75, 3.05) is 18.4 Å². The van der Waals surface area contributed by atoms with Crippen LogP contribution in [0.5, 0.6) is 0 Å². The molecule has 19 heavy (non-hydrogen) atoms. The number of nitrogens with one attached hydrogen (secondary N) is 1. The quantitative estimate of drug-likeness (QED) is 0.798. The van der Waals surface area contributed by atoms with Crippen LogP contribution in [0.3, 0.4) is 0 Å². The molecule has 0 radical (unpaired) electrons. The average Bonchev–Trinajstić information content (AvgIpc) is 2.34. The summed E-state index contributed by atoms with van der Waals surface area (Å²) in [6, 6.07) is 5.57. The van der Waals surface area contributed by atoms with Crippen LogP contribution in [0.4, 0.5) is 5.69 Å². The number of aryl methyl sites for hydroxylation is 1. The van der Waals surface area contributed by atoms with Crippen LogP contribution in [0.15, 0.2) is 21.1 Å². The van der Waals surface area contributed by atoms with Crippen molar-refractivity contribution in [1.29, 1.82) is 0 Å². The number of hydrogen-bond acceptors (Lipinski definition) is 2. The molecular formula is C15H22Br2N2. The van der Waals surface area contributed by atoms with Gasteiger partial charge in [0.1, 0.15) is 0 Å². The monoisotopic (exact) mass is 388 g/mol. The van der Waals surface area contributed by atoms with Gasteiger partial charge >= 0.3 is 0 Å². The summed E-state index contributed by atoms with van der Waals surface area (Å²) in [6.45, 7) is 9.05. The summed E-state index contributed by atoms with van der Waals surface area (Å²) in [5.74, 6) is 0. The Hall–Kier alpha value is -0.0600. The lowest BCUT2D eigenvalue weighted by Gasteiger charge is -2.35. The lowest BCUT2D eigenvalue weighted by atomic mass is 10.0. The molecule has 0 unspecified atom stereocenters. The number of hydrogen-bond donors (Lipinski definition) is 1. The molecule has 2 nitrogen and oxygen atoms in total. The van der Waals surface area contributed by atoms with Crippen LogP contribution in [-0.4, -0.2) is 30.1 Å². The molecule has 0 spiro atoms. The fraction of sp³-hybridized carbons (Fsp3) is 0.600. The highest BCUT2D eigenvalue weighted by atomic mass is 79.9. The molecule has 4 heteroatoms. The molecule has 1 saturated heterocycles. The van der Waals surface area contributed by atoms with E-state index in [9.17, 15) is 0 Å². The first-order chi connectivity index (χ1) is 8.97. The van der Waals surface area contributed by atoms with Crippen molar-refractivity contribution in [2.24, 2.45) is 0 Å². The maximum Gasteiger partial charge on any atom is 0.0631 e. The van der Waals surface area contributed by atoms with E-state index in [0.717, 1.165) is 8.95 Å². The Labute approximate surface area is 133 Å². The molecule has 0 atom stereocenters. The van der Waals surface area contributed by atoms with Gasteiger partial charge in [-0.3, -0.25) is 0 Å². The third-order valence-electron chi connectivity index (χ3n) is 3.79. The molecule has 1 aliphatic heterocycles. The van der Waals surface area contributed by atoms with Gasteiger partial charge < -0.3 is 10.2 Å². The lowest BCUT2D eigenvalue weighted by Crippen LogP contribution is -2.42. The van der Waals surface area contributed by atoms with Crippen molar-refractivity contribution < 1.29 is 0 Å². The molecule has 1 heterocycles. The molecule has 1 aromatic carbocycles. The molecule has 0 bridgehead atoms. The third kappa shape index (κ3) is 3.96. The molecule has 0 aromatic heterocycles. The van der Waals surface area contributed by atoms with Gasteiger partial charge in [-0.25, -0.2) is 0 Å². The fourth-order valence-corrected chi connectivity index (χ4v) is 4.25. The molecule has 0 aliphatic carbocycles. The van der Waals surface area contributed by atoms with E-state index in [-0.39, 0.29) is 0 Å². The standard InChI is InChI=1S/C15H22Br2N2/c1-10(2)19-6-4-12(5-7-19)18-15-13(16)8-11(3)9-14(15)17/h8-10,12,18H,4-7H2,1-3H3. The van der Waals surface area contributed by atoms with Crippen molar-refractivity contribution in [3.05, 3.63) is 26.6 Å². The van der Waals surface area contributed by atoms with Crippen molar-refractivity contribution in [3.63, 3.8) is 0 Å². The third-order valence-corrected chi connectivity index (χ3v) is 5.05. The maximum atomic E-state index is 3.68. The summed E-state index contributed by atoms with van der Waals surface area (Å²) in [5, 5.41) is 3.68. The predicted octanol–water partition coefficient (Wildman–Crippen LogP) is 4.80. The van der Waals surface area contributed by atoms with Crippen molar-refractivity contribution in [2.45, 2.75) is 45.7 Å². The molecule has 1 aromatic rings. The number of halogens is 2. The van der Waals surface area contributed by atoms with E-state index in [1.807, 2.05) is 0 Å². The summed E-state index contributed by atoms with van der Waals surface area (Å²) >= 11 is 7.31. The SMILES string of the molecule is Cc1cc(Br)c(NC2CCN(C(C)C)CC2)c(Br)c1. The number of benzene rings is 1. The molecular weight excluding hydrogens is 368 g/mol. The minimum atomic E-state index is 0.574. The van der Waals surface area contributed by atoms with E-state index >= 15 is 0 Å². The highest BCUT2D eigenvalue weighted by Gasteiger charge is 2.21. The predicted molar refractivity (Wildman–Crippen MR) is 89.9 cm³/mol. The van der Waals surface area contributed by atoms with Crippen LogP contribution in [0.25, 0.3) is 0 Å². The normalized spacial score (nSPS) is 18.0. The first-order valence-corrected chi connectivity index (χ1v) is 8.52. The molecule has 0 saturated carbocycles. The van der Waals surface area contributed by atoms with E-state index in [0.29, 0.717) is 12.1 Å². The number of rotatable bonds is 3. The van der Waals surface area contributed by atoms with Gasteiger partial charge in [0.2, 0.25) is 0 Å². The molecule has 1 aliphatic rings. The van der Waals surface area contributed by atoms with Gasteiger partial charge in [-0.15, -0.1) is 0 Å². The van der Waals surface area contributed by atoms with Gasteiger partial charge in [0.15, 0.2) is 0 Å². The van der Waals surface area contributed by atoms with Gasteiger partial charge in [0, 0.05) is 34.1 Å². The van der Waals surface area contributed by atoms with Gasteiger partial charge in [-0.2, -0.15) is 0 Å². The fourth-order valence-electron chi connectivity index (χ4n) is 2.60. The summed E-state index contributed by atoms with van der Waals surface area (Å²) in [5.41, 5.74) is 2.45. The van der Waals surface area contributed by atoms with Crippen molar-refractivity contribution in [3.8, 4) is 0 Å². The van der Waals surface area contributed by atoms with Crippen LogP contribution in [-0.2, 0) is 0 Å². The van der Waals surface area contributed by atoms with Crippen LogP contribution in [0.2, 0.25) is 0 Å². The van der Waals surface area contributed by atoms with Gasteiger partial charge in [0.25, 0.3) is 0 Å². The second kappa shape index (κ2) is 6.59. The first-order valence-electron chi connectivity index (χ1n) is 6.93. The summed E-state index contributed by atoms with van der Waals surface area (Å²) in [6.07, 6.45) is 2.43. The first kappa shape index (κ1) is 15.3. The Balaban J connectivity index is 2.00. The summed E-state index contributed by atoms with van der Waals surface area (Å²) < 4.78 is 2.29. The number of nitrogens with zero attached hydrogens (tertiary/aromatic N) is 1. The highest BCUT2D eigenvalue weighted by Crippen LogP contribution is 2.33. The van der Waals surface area contributed by atoms with Gasteiger partial charge in [0.05, 0.1) is 5.69 Å². The lowest BCUT2D eigenvalue weighted by molar-refractivity contribution is 0.177. The molecule has 106 valence electrons. The van der Waals surface area contributed by atoms with Gasteiger partial charge in [-0.05, 0) is 83.2 Å². The maximum absolute atomic E-state index is 3.68. The largest absolute Gasteiger partial charge is 0.380 e. The van der Waals surface area contributed by atoms with Crippen molar-refractivity contribution >= 4 is 37.5 Å². The minimum absolute atomic E-state index is 0.574. The summed E-state index contributed by atoms with van der Waals surface area (Å²) in [4.78, 5) is 2.55. The van der Waals surface area contributed by atoms with Crippen LogP contribution >= 0.6 is 31.9 Å². The second-order valence-corrected chi connectivity index (χ2v) is 7.36. The zero-order valence-corrected chi connectivity index (χ0v) is 15.0. The smallest absolute Gasteiger partial charge is 0.0631 e. The van der Waals surface area contributed by atoms with Gasteiger partial charge in [-0.1, -0.05) is 0 Å². The second-order valence-electron chi connectivity index (χ2n) is 5.65. The number of piperidine rings is 1. The Bertz CT molecular complexity index is 415. The zero-order chi connectivity index (χ0) is 14.0. The molecule has 1 N–H and O–H groups in total. The van der Waals surface area contributed by atoms with E-state index in [1.54, 1.807) is 0 Å². The number of likely N-dealkylation sites (tertiary alicyclic amines) is 1. The molecule has 2 rings (SSSR count). The van der Waals surface area contributed by atoms with E-state index < -0.39 is 0 Å². The van der Waals surface area contributed by atoms with E-state index in [2.05, 4.69) is 75.0 Å². The van der Waals surface area contributed by atoms with Crippen molar-refractivity contribution in [1.82, 2.24) is 4.90 Å². The average molecular weight is 390 g/mol. The Kier molecular flexibility index (Phi) is 5.32. The van der Waals surface area contributed by atoms with Crippen LogP contribution < -0.4 is 5.32 Å². The van der Waals surface area contributed by atoms with E-state index in [1.165, 1.54) is 37.2 Å². The minimum Gasteiger partial charge on any atom is -0.380 e. The van der Waals surface area contributed by atoms with Crippen LogP contribution in [0.1, 0.15) is 32.3 Å². The topological polar surface area (TPSA) is 15.3 Å². The Morgan fingerprint density at radius 3 is 2.16 bits per heavy atom. The summed E-state index contributed by atoms with van der Waals surface area (Å²) in [7, 11) is 0. The van der Waals surface area contributed by atoms with Crippen LogP contribution in [0, 0.1) is 6.92 Å². The Morgan fingerprint density at radius 1 is 1.16 bits per heavy atom. The van der Waals surface area contributed by atoms with E-state index in [4.69, 9.17) is 0 Å². The molecule has 1 fully saturated rings. The Morgan fingerprint density at radius 2 is 1.68 bits per heavy atom. The molecule has 0 amide bonds.